The molecule has 39 heavy (non-hydrogen) atoms. The van der Waals surface area contributed by atoms with Gasteiger partial charge in [0.1, 0.15) is 24.1 Å². The maximum absolute atomic E-state index is 12.4. The van der Waals surface area contributed by atoms with Crippen molar-refractivity contribution in [3.63, 3.8) is 0 Å². The third-order valence-electron chi connectivity index (χ3n) is 6.88. The van der Waals surface area contributed by atoms with E-state index in [4.69, 9.17) is 40.1 Å². The van der Waals surface area contributed by atoms with Crippen molar-refractivity contribution in [3.05, 3.63) is 23.2 Å². The van der Waals surface area contributed by atoms with Crippen LogP contribution in [0, 0.1) is 0 Å². The Hall–Kier alpha value is -1.91. The van der Waals surface area contributed by atoms with E-state index in [-0.39, 0.29) is 0 Å². The van der Waals surface area contributed by atoms with E-state index in [2.05, 4.69) is 17.4 Å². The summed E-state index contributed by atoms with van der Waals surface area (Å²) in [5.41, 5.74) is 0.848. The van der Waals surface area contributed by atoms with E-state index in [1.54, 1.807) is 25.1 Å². The zero-order valence-corrected chi connectivity index (χ0v) is 24.8. The molecule has 1 aromatic rings. The number of hydrogen-bond acceptors (Lipinski definition) is 8. The predicted octanol–water partition coefficient (Wildman–Crippen LogP) is 7.46. The first-order valence-electron chi connectivity index (χ1n) is 14.2. The van der Waals surface area contributed by atoms with Crippen molar-refractivity contribution >= 4 is 29.1 Å². The van der Waals surface area contributed by atoms with E-state index < -0.39 is 36.5 Å². The monoisotopic (exact) mass is 568 g/mol. The average Bonchev–Trinajstić information content (AvgIpc) is 3.39. The van der Waals surface area contributed by atoms with E-state index in [1.165, 1.54) is 58.5 Å². The smallest absolute Gasteiger partial charge is 0.437 e. The number of hydrogen-bond donors (Lipinski definition) is 1. The second-order valence-corrected chi connectivity index (χ2v) is 11.1. The molecule has 0 spiro atoms. The van der Waals surface area contributed by atoms with Crippen LogP contribution in [0.2, 0.25) is 5.02 Å². The SMILES string of the molecule is CCCCCCCCCCCCO[C@H]1O[C@H](/C(C)=N/OC(=O)Nc2ccc(Cl)cc2OC)[C@@H]2OC(C)(C)O[C@H]12. The predicted molar refractivity (Wildman–Crippen MR) is 151 cm³/mol. The molecular weight excluding hydrogens is 524 g/mol. The van der Waals surface area contributed by atoms with Gasteiger partial charge in [-0.05, 0) is 39.3 Å². The molecular formula is C29H45ClN2O7. The number of carbonyl (C=O) groups excluding carboxylic acids is 1. The lowest BCUT2D eigenvalue weighted by Crippen LogP contribution is -2.34. The second kappa shape index (κ2) is 15.8. The number of nitrogens with one attached hydrogen (secondary N) is 1. The molecule has 0 unspecified atom stereocenters. The summed E-state index contributed by atoms with van der Waals surface area (Å²) in [4.78, 5) is 17.4. The Labute approximate surface area is 237 Å². The van der Waals surface area contributed by atoms with Crippen LogP contribution in [0.4, 0.5) is 10.5 Å². The first kappa shape index (κ1) is 31.6. The van der Waals surface area contributed by atoms with Crippen LogP contribution in [0.5, 0.6) is 5.75 Å². The van der Waals surface area contributed by atoms with E-state index >= 15 is 0 Å². The number of benzene rings is 1. The summed E-state index contributed by atoms with van der Waals surface area (Å²) in [5, 5.41) is 7.08. The molecule has 2 aliphatic rings. The van der Waals surface area contributed by atoms with E-state index in [9.17, 15) is 4.79 Å². The molecule has 2 aliphatic heterocycles. The Bertz CT molecular complexity index is 942. The van der Waals surface area contributed by atoms with Crippen LogP contribution in [0.3, 0.4) is 0 Å². The number of nitrogens with zero attached hydrogens (tertiary/aromatic N) is 1. The van der Waals surface area contributed by atoms with Crippen LogP contribution in [0.15, 0.2) is 23.4 Å². The normalized spacial score (nSPS) is 24.0. The van der Waals surface area contributed by atoms with Crippen LogP contribution in [0.1, 0.15) is 91.9 Å². The molecule has 0 radical (unpaired) electrons. The molecule has 9 nitrogen and oxygen atoms in total. The highest BCUT2D eigenvalue weighted by Crippen LogP contribution is 2.39. The molecule has 2 heterocycles. The summed E-state index contributed by atoms with van der Waals surface area (Å²) in [6.45, 7) is 8.27. The Morgan fingerprint density at radius 2 is 1.67 bits per heavy atom. The fourth-order valence-electron chi connectivity index (χ4n) is 4.89. The van der Waals surface area contributed by atoms with Gasteiger partial charge in [0.05, 0.1) is 18.5 Å². The average molecular weight is 569 g/mol. The number of amides is 1. The van der Waals surface area contributed by atoms with Crippen LogP contribution >= 0.6 is 11.6 Å². The fraction of sp³-hybridized carbons (Fsp3) is 0.724. The Balaban J connectivity index is 1.44. The van der Waals surface area contributed by atoms with Gasteiger partial charge < -0.3 is 23.7 Å². The minimum Gasteiger partial charge on any atom is -0.495 e. The summed E-state index contributed by atoms with van der Waals surface area (Å²) in [7, 11) is 1.48. The van der Waals surface area contributed by atoms with Gasteiger partial charge in [0.25, 0.3) is 0 Å². The van der Waals surface area contributed by atoms with Crippen molar-refractivity contribution in [2.45, 2.75) is 122 Å². The number of anilines is 1. The number of ether oxygens (including phenoxy) is 5. The van der Waals surface area contributed by atoms with E-state index in [0.29, 0.717) is 28.8 Å². The van der Waals surface area contributed by atoms with Gasteiger partial charge >= 0.3 is 6.09 Å². The molecule has 0 bridgehead atoms. The molecule has 1 N–H and O–H groups in total. The molecule has 10 heteroatoms. The topological polar surface area (TPSA) is 96.8 Å². The third kappa shape index (κ3) is 9.90. The minimum absolute atomic E-state index is 0.398. The Morgan fingerprint density at radius 3 is 2.33 bits per heavy atom. The van der Waals surface area contributed by atoms with Crippen molar-refractivity contribution < 1.29 is 33.3 Å². The lowest BCUT2D eigenvalue weighted by atomic mass is 10.1. The van der Waals surface area contributed by atoms with Gasteiger partial charge in [0.15, 0.2) is 12.1 Å². The van der Waals surface area contributed by atoms with Crippen LogP contribution < -0.4 is 10.1 Å². The van der Waals surface area contributed by atoms with Gasteiger partial charge in [-0.1, -0.05) is 81.5 Å². The number of oxime groups is 1. The minimum atomic E-state index is -0.778. The standard InChI is InChI=1S/C29H45ClN2O7/c1-6-7-8-9-10-11-12-13-14-15-18-35-27-26-25(37-29(3,4)38-26)24(36-27)20(2)32-39-28(33)31-22-17-16-21(30)19-23(22)34-5/h16-17,19,24-27H,6-15,18H2,1-5H3,(H,31,33)/b32-20+/t24-,25+,26+,27+/m1/s1. The number of rotatable bonds is 16. The van der Waals surface area contributed by atoms with Crippen LogP contribution in [-0.2, 0) is 23.8 Å². The number of fused-ring (bicyclic) bond motifs is 1. The molecule has 220 valence electrons. The van der Waals surface area contributed by atoms with Gasteiger partial charge in [-0.2, -0.15) is 0 Å². The van der Waals surface area contributed by atoms with Crippen molar-refractivity contribution in [2.75, 3.05) is 19.0 Å². The second-order valence-electron chi connectivity index (χ2n) is 10.6. The first-order chi connectivity index (χ1) is 18.7. The lowest BCUT2D eigenvalue weighted by Gasteiger charge is -2.24. The van der Waals surface area contributed by atoms with Crippen molar-refractivity contribution in [3.8, 4) is 5.75 Å². The van der Waals surface area contributed by atoms with Gasteiger partial charge in [-0.3, -0.25) is 10.2 Å². The third-order valence-corrected chi connectivity index (χ3v) is 7.11. The molecule has 2 fully saturated rings. The molecule has 2 saturated heterocycles. The van der Waals surface area contributed by atoms with E-state index in [0.717, 1.165) is 12.8 Å². The number of carbonyl (C=O) groups is 1. The highest BCUT2D eigenvalue weighted by Gasteiger charge is 2.56. The fourth-order valence-corrected chi connectivity index (χ4v) is 5.05. The van der Waals surface area contributed by atoms with E-state index in [1.807, 2.05) is 13.8 Å². The maximum Gasteiger partial charge on any atom is 0.437 e. The molecule has 0 aliphatic carbocycles. The Morgan fingerprint density at radius 1 is 1.03 bits per heavy atom. The number of methoxy groups -OCH3 is 1. The highest BCUT2D eigenvalue weighted by molar-refractivity contribution is 6.30. The number of halogens is 1. The zero-order valence-electron chi connectivity index (χ0n) is 24.0. The van der Waals surface area contributed by atoms with Crippen molar-refractivity contribution in [1.29, 1.82) is 0 Å². The molecule has 0 saturated carbocycles. The maximum atomic E-state index is 12.4. The first-order valence-corrected chi connectivity index (χ1v) is 14.6. The summed E-state index contributed by atoms with van der Waals surface area (Å²) in [6, 6.07) is 4.84. The highest BCUT2D eigenvalue weighted by atomic mass is 35.5. The summed E-state index contributed by atoms with van der Waals surface area (Å²) >= 11 is 5.97. The largest absolute Gasteiger partial charge is 0.495 e. The molecule has 3 rings (SSSR count). The van der Waals surface area contributed by atoms with Crippen LogP contribution in [-0.4, -0.2) is 55.9 Å². The Kier molecular flexibility index (Phi) is 12.8. The molecule has 1 amide bonds. The summed E-state index contributed by atoms with van der Waals surface area (Å²) < 4.78 is 29.6. The van der Waals surface area contributed by atoms with Crippen molar-refractivity contribution in [1.82, 2.24) is 0 Å². The zero-order chi connectivity index (χ0) is 28.3. The van der Waals surface area contributed by atoms with Gasteiger partial charge in [-0.25, -0.2) is 4.79 Å². The van der Waals surface area contributed by atoms with Gasteiger partial charge in [0, 0.05) is 17.7 Å². The molecule has 1 aromatic carbocycles. The van der Waals surface area contributed by atoms with Gasteiger partial charge in [0.2, 0.25) is 0 Å². The number of unbranched alkanes of at least 4 members (excludes halogenated alkanes) is 9. The van der Waals surface area contributed by atoms with Gasteiger partial charge in [-0.15, -0.1) is 0 Å². The molecule has 4 atom stereocenters. The summed E-state index contributed by atoms with van der Waals surface area (Å²) in [6.07, 6.45) is 9.84. The van der Waals surface area contributed by atoms with Crippen molar-refractivity contribution in [2.24, 2.45) is 5.16 Å². The molecule has 0 aromatic heterocycles. The lowest BCUT2D eigenvalue weighted by molar-refractivity contribution is -0.226. The van der Waals surface area contributed by atoms with Crippen LogP contribution in [0.25, 0.3) is 0 Å². The summed E-state index contributed by atoms with van der Waals surface area (Å²) in [5.74, 6) is -0.372. The quantitative estimate of drug-likeness (QED) is 0.0956.